The topological polar surface area (TPSA) is 27.8 Å². The highest BCUT2D eigenvalue weighted by Crippen LogP contribution is 2.31. The zero-order valence-electron chi connectivity index (χ0n) is 12.3. The van der Waals surface area contributed by atoms with Gasteiger partial charge in [0.15, 0.2) is 0 Å². The number of H-pyrrole nitrogens is 1. The van der Waals surface area contributed by atoms with Crippen molar-refractivity contribution < 1.29 is 0 Å². The first-order valence-corrected chi connectivity index (χ1v) is 7.45. The smallest absolute Gasteiger partial charge is 0.0491 e. The zero-order valence-corrected chi connectivity index (χ0v) is 12.3. The monoisotopic (exact) mass is 256 g/mol. The second-order valence-corrected chi connectivity index (χ2v) is 6.08. The van der Waals surface area contributed by atoms with E-state index in [0.29, 0.717) is 0 Å². The van der Waals surface area contributed by atoms with Gasteiger partial charge in [0.1, 0.15) is 0 Å². The molecule has 0 bridgehead atoms. The third kappa shape index (κ3) is 2.30. The number of aryl methyl sites for hydroxylation is 3. The van der Waals surface area contributed by atoms with Crippen molar-refractivity contribution in [3.05, 3.63) is 34.5 Å². The molecule has 0 spiro atoms. The molecule has 2 N–H and O–H groups in total. The Morgan fingerprint density at radius 1 is 1.05 bits per heavy atom. The number of aromatic nitrogens is 1. The Labute approximate surface area is 115 Å². The number of fused-ring (bicyclic) bond motifs is 1. The highest BCUT2D eigenvalue weighted by Gasteiger charge is 2.18. The number of rotatable bonds is 2. The zero-order chi connectivity index (χ0) is 13.4. The van der Waals surface area contributed by atoms with E-state index >= 15 is 0 Å². The summed E-state index contributed by atoms with van der Waals surface area (Å²) in [6, 6.07) is 4.48. The molecule has 0 atom stereocenters. The molecule has 1 aliphatic rings. The first-order valence-electron chi connectivity index (χ1n) is 7.45. The van der Waals surface area contributed by atoms with E-state index in [1.807, 2.05) is 0 Å². The minimum atomic E-state index is 0.846. The molecular weight excluding hydrogens is 232 g/mol. The van der Waals surface area contributed by atoms with Crippen LogP contribution >= 0.6 is 0 Å². The van der Waals surface area contributed by atoms with Crippen LogP contribution in [-0.2, 0) is 6.42 Å². The number of hydrogen-bond acceptors (Lipinski definition) is 1. The van der Waals surface area contributed by atoms with Gasteiger partial charge in [-0.25, -0.2) is 0 Å². The van der Waals surface area contributed by atoms with Gasteiger partial charge in [0, 0.05) is 16.6 Å². The number of benzene rings is 1. The first-order chi connectivity index (χ1) is 9.16. The van der Waals surface area contributed by atoms with Gasteiger partial charge < -0.3 is 10.3 Å². The number of hydrogen-bond donors (Lipinski definition) is 2. The highest BCUT2D eigenvalue weighted by atomic mass is 14.9. The molecule has 0 aliphatic carbocycles. The molecule has 19 heavy (non-hydrogen) atoms. The second-order valence-electron chi connectivity index (χ2n) is 6.08. The van der Waals surface area contributed by atoms with E-state index in [9.17, 15) is 0 Å². The summed E-state index contributed by atoms with van der Waals surface area (Å²) in [7, 11) is 0. The maximum Gasteiger partial charge on any atom is 0.0491 e. The van der Waals surface area contributed by atoms with Crippen LogP contribution in [0.3, 0.4) is 0 Å². The summed E-state index contributed by atoms with van der Waals surface area (Å²) in [6.07, 6.45) is 3.87. The van der Waals surface area contributed by atoms with Crippen molar-refractivity contribution in [1.29, 1.82) is 0 Å². The Morgan fingerprint density at radius 3 is 2.47 bits per heavy atom. The Balaban J connectivity index is 2.02. The molecule has 3 rings (SSSR count). The fraction of sp³-hybridized carbons (Fsp3) is 0.529. The van der Waals surface area contributed by atoms with Gasteiger partial charge in [-0.3, -0.25) is 0 Å². The molecule has 2 aromatic rings. The van der Waals surface area contributed by atoms with Crippen LogP contribution in [0.25, 0.3) is 10.9 Å². The fourth-order valence-corrected chi connectivity index (χ4v) is 3.44. The van der Waals surface area contributed by atoms with Crippen LogP contribution in [0, 0.1) is 26.7 Å². The predicted molar refractivity (Wildman–Crippen MR) is 81.8 cm³/mol. The standard InChI is InChI=1S/C17H24N2/c1-11-4-5-12(2)17-16(11)15(13(3)19-17)10-14-6-8-18-9-7-14/h4-5,14,18-19H,6-10H2,1-3H3. The summed E-state index contributed by atoms with van der Waals surface area (Å²) in [5.74, 6) is 0.846. The van der Waals surface area contributed by atoms with Crippen LogP contribution in [0.1, 0.15) is 35.2 Å². The molecule has 0 radical (unpaired) electrons. The molecule has 2 nitrogen and oxygen atoms in total. The minimum absolute atomic E-state index is 0.846. The predicted octanol–water partition coefficient (Wildman–Crippen LogP) is 3.64. The lowest BCUT2D eigenvalue weighted by atomic mass is 9.89. The highest BCUT2D eigenvalue weighted by molar-refractivity contribution is 5.90. The van der Waals surface area contributed by atoms with Gasteiger partial charge in [-0.1, -0.05) is 12.1 Å². The van der Waals surface area contributed by atoms with E-state index in [2.05, 4.69) is 43.2 Å². The fourth-order valence-electron chi connectivity index (χ4n) is 3.44. The van der Waals surface area contributed by atoms with Crippen LogP contribution in [0.5, 0.6) is 0 Å². The Bertz CT molecular complexity index is 589. The van der Waals surface area contributed by atoms with E-state index in [4.69, 9.17) is 0 Å². The third-order valence-electron chi connectivity index (χ3n) is 4.64. The largest absolute Gasteiger partial charge is 0.358 e. The number of nitrogens with one attached hydrogen (secondary N) is 2. The maximum absolute atomic E-state index is 3.61. The average Bonchev–Trinajstić information content (AvgIpc) is 2.74. The molecule has 1 aliphatic heterocycles. The van der Waals surface area contributed by atoms with Crippen molar-refractivity contribution in [2.24, 2.45) is 5.92 Å². The Hall–Kier alpha value is -1.28. The summed E-state index contributed by atoms with van der Waals surface area (Å²) in [5.41, 5.74) is 7.05. The normalized spacial score (nSPS) is 17.2. The molecule has 1 saturated heterocycles. The summed E-state index contributed by atoms with van der Waals surface area (Å²) in [5, 5.41) is 4.94. The Kier molecular flexibility index (Phi) is 3.36. The second kappa shape index (κ2) is 5.01. The van der Waals surface area contributed by atoms with E-state index in [-0.39, 0.29) is 0 Å². The molecule has 2 heteroatoms. The van der Waals surface area contributed by atoms with Crippen LogP contribution in [0.2, 0.25) is 0 Å². The van der Waals surface area contributed by atoms with Gasteiger partial charge in [0.05, 0.1) is 0 Å². The Morgan fingerprint density at radius 2 is 1.74 bits per heavy atom. The molecule has 102 valence electrons. The van der Waals surface area contributed by atoms with E-state index in [0.717, 1.165) is 5.92 Å². The van der Waals surface area contributed by atoms with Gasteiger partial charge in [-0.15, -0.1) is 0 Å². The first kappa shape index (κ1) is 12.7. The molecular formula is C17H24N2. The van der Waals surface area contributed by atoms with Crippen molar-refractivity contribution in [1.82, 2.24) is 10.3 Å². The average molecular weight is 256 g/mol. The quantitative estimate of drug-likeness (QED) is 0.843. The molecule has 1 aromatic carbocycles. The summed E-state index contributed by atoms with van der Waals surface area (Å²) in [4.78, 5) is 3.61. The van der Waals surface area contributed by atoms with Crippen LogP contribution in [0.4, 0.5) is 0 Å². The third-order valence-corrected chi connectivity index (χ3v) is 4.64. The van der Waals surface area contributed by atoms with Gasteiger partial charge in [0.25, 0.3) is 0 Å². The van der Waals surface area contributed by atoms with E-state index in [1.54, 1.807) is 5.56 Å². The number of aromatic amines is 1. The van der Waals surface area contributed by atoms with Gasteiger partial charge in [-0.2, -0.15) is 0 Å². The lowest BCUT2D eigenvalue weighted by molar-refractivity contribution is 0.373. The van der Waals surface area contributed by atoms with E-state index < -0.39 is 0 Å². The van der Waals surface area contributed by atoms with Crippen molar-refractivity contribution in [2.75, 3.05) is 13.1 Å². The molecule has 1 aromatic heterocycles. The molecule has 0 saturated carbocycles. The van der Waals surface area contributed by atoms with Gasteiger partial charge >= 0.3 is 0 Å². The van der Waals surface area contributed by atoms with Crippen LogP contribution < -0.4 is 5.32 Å². The van der Waals surface area contributed by atoms with Gasteiger partial charge in [-0.05, 0) is 75.7 Å². The molecule has 0 unspecified atom stereocenters. The van der Waals surface area contributed by atoms with Crippen molar-refractivity contribution in [3.63, 3.8) is 0 Å². The summed E-state index contributed by atoms with van der Waals surface area (Å²) in [6.45, 7) is 9.04. The van der Waals surface area contributed by atoms with Crippen molar-refractivity contribution in [2.45, 2.75) is 40.0 Å². The van der Waals surface area contributed by atoms with Crippen molar-refractivity contribution >= 4 is 10.9 Å². The molecule has 2 heterocycles. The molecule has 1 fully saturated rings. The summed E-state index contributed by atoms with van der Waals surface area (Å²) < 4.78 is 0. The lowest BCUT2D eigenvalue weighted by Crippen LogP contribution is -2.28. The van der Waals surface area contributed by atoms with Crippen molar-refractivity contribution in [3.8, 4) is 0 Å². The van der Waals surface area contributed by atoms with Gasteiger partial charge in [0.2, 0.25) is 0 Å². The van der Waals surface area contributed by atoms with Crippen LogP contribution in [-0.4, -0.2) is 18.1 Å². The van der Waals surface area contributed by atoms with E-state index in [1.165, 1.54) is 60.1 Å². The lowest BCUT2D eigenvalue weighted by Gasteiger charge is -2.22. The maximum atomic E-state index is 3.61. The van der Waals surface area contributed by atoms with Crippen LogP contribution in [0.15, 0.2) is 12.1 Å². The number of piperidine rings is 1. The minimum Gasteiger partial charge on any atom is -0.358 e. The summed E-state index contributed by atoms with van der Waals surface area (Å²) >= 11 is 0. The molecule has 0 amide bonds. The SMILES string of the molecule is Cc1[nH]c2c(C)ccc(C)c2c1CC1CCNCC1.